The van der Waals surface area contributed by atoms with Crippen LogP contribution in [0.1, 0.15) is 34.3 Å². The molecule has 1 aromatic rings. The number of benzene rings is 1. The molecule has 4 heteroatoms. The molecule has 0 saturated carbocycles. The molecular formula is C15H20N2OS. The predicted molar refractivity (Wildman–Crippen MR) is 81.3 cm³/mol. The van der Waals surface area contributed by atoms with Crippen LogP contribution < -0.4 is 5.73 Å². The number of hydrogen-bond donors (Lipinski definition) is 1. The number of hydrogen-bond acceptors (Lipinski definition) is 2. The normalized spacial score (nSPS) is 16.4. The van der Waals surface area contributed by atoms with Gasteiger partial charge in [-0.1, -0.05) is 29.9 Å². The number of likely N-dealkylation sites (tertiary alicyclic amines) is 1. The highest BCUT2D eigenvalue weighted by Gasteiger charge is 2.25. The van der Waals surface area contributed by atoms with Gasteiger partial charge in [-0.3, -0.25) is 4.79 Å². The van der Waals surface area contributed by atoms with Gasteiger partial charge in [0, 0.05) is 24.6 Å². The summed E-state index contributed by atoms with van der Waals surface area (Å²) in [4.78, 5) is 15.0. The summed E-state index contributed by atoms with van der Waals surface area (Å²) in [6, 6.07) is 5.96. The monoisotopic (exact) mass is 276 g/mol. The smallest absolute Gasteiger partial charge is 0.254 e. The van der Waals surface area contributed by atoms with Crippen LogP contribution in [0.3, 0.4) is 0 Å². The van der Waals surface area contributed by atoms with Gasteiger partial charge in [-0.15, -0.1) is 0 Å². The molecule has 1 saturated heterocycles. The molecule has 0 spiro atoms. The fourth-order valence-corrected chi connectivity index (χ4v) is 2.83. The molecule has 0 aliphatic carbocycles. The minimum Gasteiger partial charge on any atom is -0.393 e. The maximum absolute atomic E-state index is 12.5. The molecule has 0 radical (unpaired) electrons. The lowest BCUT2D eigenvalue weighted by Crippen LogP contribution is -2.41. The lowest BCUT2D eigenvalue weighted by atomic mass is 9.96. The number of rotatable bonds is 2. The maximum atomic E-state index is 12.5. The van der Waals surface area contributed by atoms with Gasteiger partial charge in [0.1, 0.15) is 0 Å². The first-order valence-corrected chi connectivity index (χ1v) is 7.05. The van der Waals surface area contributed by atoms with Gasteiger partial charge in [-0.25, -0.2) is 0 Å². The Morgan fingerprint density at radius 2 is 1.95 bits per heavy atom. The summed E-state index contributed by atoms with van der Waals surface area (Å²) in [5.41, 5.74) is 8.70. The van der Waals surface area contributed by atoms with Crippen LogP contribution in [0.5, 0.6) is 0 Å². The van der Waals surface area contributed by atoms with Crippen molar-refractivity contribution in [2.75, 3.05) is 13.1 Å². The van der Waals surface area contributed by atoms with Crippen molar-refractivity contribution in [3.8, 4) is 0 Å². The van der Waals surface area contributed by atoms with Crippen molar-refractivity contribution in [1.29, 1.82) is 0 Å². The van der Waals surface area contributed by atoms with Gasteiger partial charge in [0.15, 0.2) is 0 Å². The van der Waals surface area contributed by atoms with Crippen molar-refractivity contribution >= 4 is 23.1 Å². The predicted octanol–water partition coefficient (Wildman–Crippen LogP) is 2.44. The second kappa shape index (κ2) is 5.70. The van der Waals surface area contributed by atoms with Gasteiger partial charge in [-0.2, -0.15) is 0 Å². The van der Waals surface area contributed by atoms with Gasteiger partial charge in [0.25, 0.3) is 5.91 Å². The highest BCUT2D eigenvalue weighted by molar-refractivity contribution is 7.80. The van der Waals surface area contributed by atoms with Crippen molar-refractivity contribution in [2.24, 2.45) is 11.7 Å². The lowest BCUT2D eigenvalue weighted by Gasteiger charge is -2.31. The number of nitrogens with two attached hydrogens (primary N) is 1. The summed E-state index contributed by atoms with van der Waals surface area (Å²) < 4.78 is 0. The molecule has 1 fully saturated rings. The summed E-state index contributed by atoms with van der Waals surface area (Å²) in [6.07, 6.45) is 1.76. The number of amides is 1. The SMILES string of the molecule is Cc1ccc(C(=O)N2CCC(C(N)=S)CC2)c(C)c1. The average molecular weight is 276 g/mol. The second-order valence-corrected chi connectivity index (χ2v) is 5.76. The van der Waals surface area contributed by atoms with Gasteiger partial charge in [0.2, 0.25) is 0 Å². The minimum absolute atomic E-state index is 0.124. The highest BCUT2D eigenvalue weighted by Crippen LogP contribution is 2.20. The largest absolute Gasteiger partial charge is 0.393 e. The Hall–Kier alpha value is -1.42. The van der Waals surface area contributed by atoms with Crippen LogP contribution in [0, 0.1) is 19.8 Å². The van der Waals surface area contributed by atoms with Gasteiger partial charge in [-0.05, 0) is 38.3 Å². The van der Waals surface area contributed by atoms with Gasteiger partial charge in [0.05, 0.1) is 4.99 Å². The Kier molecular flexibility index (Phi) is 4.20. The summed E-state index contributed by atoms with van der Waals surface area (Å²) in [7, 11) is 0. The number of thiocarbonyl (C=S) groups is 1. The Morgan fingerprint density at radius 1 is 1.32 bits per heavy atom. The Bertz CT molecular complexity index is 505. The van der Waals surface area contributed by atoms with E-state index in [1.807, 2.05) is 30.9 Å². The second-order valence-electron chi connectivity index (χ2n) is 5.29. The van der Waals surface area contributed by atoms with Crippen LogP contribution in [-0.2, 0) is 0 Å². The molecule has 1 aliphatic rings. The number of piperidine rings is 1. The quantitative estimate of drug-likeness (QED) is 0.844. The topological polar surface area (TPSA) is 46.3 Å². The molecule has 1 aromatic carbocycles. The van der Waals surface area contributed by atoms with Crippen LogP contribution in [-0.4, -0.2) is 28.9 Å². The first-order valence-electron chi connectivity index (χ1n) is 6.65. The zero-order valence-electron chi connectivity index (χ0n) is 11.5. The van der Waals surface area contributed by atoms with Crippen LogP contribution in [0.2, 0.25) is 0 Å². The van der Waals surface area contributed by atoms with Crippen molar-refractivity contribution in [3.05, 3.63) is 34.9 Å². The molecule has 0 aromatic heterocycles. The third-order valence-corrected chi connectivity index (χ3v) is 4.13. The number of nitrogens with zero attached hydrogens (tertiary/aromatic N) is 1. The van der Waals surface area contributed by atoms with Crippen LogP contribution in [0.15, 0.2) is 18.2 Å². The van der Waals surface area contributed by atoms with E-state index in [1.54, 1.807) is 0 Å². The molecule has 1 heterocycles. The molecule has 0 unspecified atom stereocenters. The van der Waals surface area contributed by atoms with E-state index in [0.717, 1.165) is 37.1 Å². The molecule has 102 valence electrons. The van der Waals surface area contributed by atoms with Crippen molar-refractivity contribution in [3.63, 3.8) is 0 Å². The minimum atomic E-state index is 0.124. The standard InChI is InChI=1S/C15H20N2OS/c1-10-3-4-13(11(2)9-10)15(18)17-7-5-12(6-8-17)14(16)19/h3-4,9,12H,5-8H2,1-2H3,(H2,16,19). The Morgan fingerprint density at radius 3 is 2.47 bits per heavy atom. The summed E-state index contributed by atoms with van der Waals surface area (Å²) in [6.45, 7) is 5.51. The van der Waals surface area contributed by atoms with E-state index in [0.29, 0.717) is 4.99 Å². The fraction of sp³-hybridized carbons (Fsp3) is 0.467. The van der Waals surface area contributed by atoms with E-state index in [-0.39, 0.29) is 11.8 Å². The third-order valence-electron chi connectivity index (χ3n) is 3.80. The molecule has 2 rings (SSSR count). The van der Waals surface area contributed by atoms with E-state index in [2.05, 4.69) is 6.07 Å². The third kappa shape index (κ3) is 3.13. The molecule has 0 bridgehead atoms. The number of carbonyl (C=O) groups excluding carboxylic acids is 1. The van der Waals surface area contributed by atoms with E-state index in [1.165, 1.54) is 5.56 Å². The summed E-state index contributed by atoms with van der Waals surface area (Å²) in [5.74, 6) is 0.414. The molecule has 2 N–H and O–H groups in total. The molecule has 19 heavy (non-hydrogen) atoms. The van der Waals surface area contributed by atoms with Crippen molar-refractivity contribution in [2.45, 2.75) is 26.7 Å². The molecule has 1 amide bonds. The average Bonchev–Trinajstić information content (AvgIpc) is 2.38. The number of aryl methyl sites for hydroxylation is 2. The Balaban J connectivity index is 2.07. The zero-order valence-corrected chi connectivity index (χ0v) is 12.3. The van der Waals surface area contributed by atoms with Gasteiger partial charge >= 0.3 is 0 Å². The maximum Gasteiger partial charge on any atom is 0.254 e. The highest BCUT2D eigenvalue weighted by atomic mass is 32.1. The number of carbonyl (C=O) groups is 1. The molecule has 0 atom stereocenters. The Labute approximate surface area is 119 Å². The first kappa shape index (κ1) is 14.0. The summed E-state index contributed by atoms with van der Waals surface area (Å²) >= 11 is 5.02. The molecule has 3 nitrogen and oxygen atoms in total. The van der Waals surface area contributed by atoms with Crippen molar-refractivity contribution < 1.29 is 4.79 Å². The van der Waals surface area contributed by atoms with Crippen LogP contribution in [0.25, 0.3) is 0 Å². The van der Waals surface area contributed by atoms with E-state index >= 15 is 0 Å². The summed E-state index contributed by atoms with van der Waals surface area (Å²) in [5, 5.41) is 0. The first-order chi connectivity index (χ1) is 8.99. The van der Waals surface area contributed by atoms with Crippen LogP contribution >= 0.6 is 12.2 Å². The van der Waals surface area contributed by atoms with Gasteiger partial charge < -0.3 is 10.6 Å². The van der Waals surface area contributed by atoms with E-state index in [9.17, 15) is 4.79 Å². The van der Waals surface area contributed by atoms with Crippen LogP contribution in [0.4, 0.5) is 0 Å². The van der Waals surface area contributed by atoms with E-state index in [4.69, 9.17) is 18.0 Å². The van der Waals surface area contributed by atoms with Crippen molar-refractivity contribution in [1.82, 2.24) is 4.90 Å². The lowest BCUT2D eigenvalue weighted by molar-refractivity contribution is 0.0709. The molecule has 1 aliphatic heterocycles. The zero-order chi connectivity index (χ0) is 14.0. The molecular weight excluding hydrogens is 256 g/mol. The fourth-order valence-electron chi connectivity index (χ4n) is 2.59. The van der Waals surface area contributed by atoms with E-state index < -0.39 is 0 Å².